The summed E-state index contributed by atoms with van der Waals surface area (Å²) in [6.07, 6.45) is -2.62. The Kier molecular flexibility index (Phi) is 10.1. The minimum absolute atomic E-state index is 0.114. The summed E-state index contributed by atoms with van der Waals surface area (Å²) in [5.41, 5.74) is 3.61. The molecule has 0 saturated carbocycles. The Labute approximate surface area is 280 Å². The molecular formula is C34H35F3N6O4S. The highest BCUT2D eigenvalue weighted by Crippen LogP contribution is 2.36. The van der Waals surface area contributed by atoms with Gasteiger partial charge in [0.2, 0.25) is 5.91 Å². The van der Waals surface area contributed by atoms with Crippen LogP contribution < -0.4 is 19.7 Å². The molecule has 10 nitrogen and oxygen atoms in total. The Hall–Kier alpha value is -4.85. The summed E-state index contributed by atoms with van der Waals surface area (Å²) in [7, 11) is 1.59. The lowest BCUT2D eigenvalue weighted by atomic mass is 9.85. The van der Waals surface area contributed by atoms with Gasteiger partial charge in [0, 0.05) is 12.1 Å². The first kappa shape index (κ1) is 34.5. The summed E-state index contributed by atoms with van der Waals surface area (Å²) < 4.78 is 48.1. The fraction of sp³-hybridized carbons (Fsp3) is 0.324. The van der Waals surface area contributed by atoms with Crippen molar-refractivity contribution in [3.63, 3.8) is 0 Å². The quantitative estimate of drug-likeness (QED) is 0.186. The van der Waals surface area contributed by atoms with E-state index < -0.39 is 12.4 Å². The molecule has 0 atom stereocenters. The molecule has 1 aromatic heterocycles. The maximum Gasteiger partial charge on any atom is 0.573 e. The largest absolute Gasteiger partial charge is 0.573 e. The van der Waals surface area contributed by atoms with Crippen LogP contribution in [0.5, 0.6) is 11.5 Å². The zero-order valence-corrected chi connectivity index (χ0v) is 27.9. The number of urea groups is 1. The number of alkyl halides is 3. The molecule has 0 radical (unpaired) electrons. The average molecular weight is 681 g/mol. The number of anilines is 1. The maximum atomic E-state index is 12.9. The van der Waals surface area contributed by atoms with E-state index in [0.717, 1.165) is 16.7 Å². The van der Waals surface area contributed by atoms with Gasteiger partial charge in [0.05, 0.1) is 24.2 Å². The normalized spacial score (nSPS) is 14.6. The zero-order chi connectivity index (χ0) is 34.6. The molecule has 3 aromatic carbocycles. The van der Waals surface area contributed by atoms with Gasteiger partial charge in [-0.05, 0) is 71.3 Å². The number of rotatable bonds is 10. The molecule has 4 aromatic rings. The van der Waals surface area contributed by atoms with Crippen LogP contribution >= 0.6 is 11.8 Å². The Morgan fingerprint density at radius 3 is 2.38 bits per heavy atom. The van der Waals surface area contributed by atoms with E-state index in [4.69, 9.17) is 4.74 Å². The lowest BCUT2D eigenvalue weighted by Gasteiger charge is -2.25. The van der Waals surface area contributed by atoms with E-state index in [2.05, 4.69) is 25.1 Å². The molecule has 0 unspecified atom stereocenters. The number of hydrogen-bond donors (Lipinski definition) is 1. The van der Waals surface area contributed by atoms with Gasteiger partial charge in [-0.3, -0.25) is 9.69 Å². The first-order valence-corrected chi connectivity index (χ1v) is 16.1. The maximum absolute atomic E-state index is 12.9. The van der Waals surface area contributed by atoms with Crippen LogP contribution in [0.25, 0.3) is 17.1 Å². The average Bonchev–Trinajstić information content (AvgIpc) is 3.66. The van der Waals surface area contributed by atoms with Crippen LogP contribution in [0.2, 0.25) is 0 Å². The van der Waals surface area contributed by atoms with Gasteiger partial charge in [-0.1, -0.05) is 63.7 Å². The van der Waals surface area contributed by atoms with Crippen molar-refractivity contribution in [2.45, 2.75) is 46.4 Å². The van der Waals surface area contributed by atoms with Gasteiger partial charge in [-0.25, -0.2) is 14.5 Å². The fourth-order valence-electron chi connectivity index (χ4n) is 5.16. The summed E-state index contributed by atoms with van der Waals surface area (Å²) in [6, 6.07) is 18.0. The Morgan fingerprint density at radius 1 is 1.04 bits per heavy atom. The lowest BCUT2D eigenvalue weighted by Crippen LogP contribution is -2.36. The van der Waals surface area contributed by atoms with Crippen LogP contribution in [0.4, 0.5) is 23.7 Å². The number of thioether (sulfide) groups is 1. The Bertz CT molecular complexity index is 1800. The van der Waals surface area contributed by atoms with Crippen molar-refractivity contribution in [3.05, 3.63) is 84.2 Å². The molecule has 1 aliphatic heterocycles. The number of benzene rings is 3. The van der Waals surface area contributed by atoms with Crippen LogP contribution in [-0.4, -0.2) is 57.6 Å². The summed E-state index contributed by atoms with van der Waals surface area (Å²) in [5.74, 6) is 0.990. The second-order valence-electron chi connectivity index (χ2n) is 12.2. The van der Waals surface area contributed by atoms with Crippen molar-refractivity contribution in [2.24, 2.45) is 10.4 Å². The number of amidine groups is 1. The number of carbonyl (C=O) groups is 2. The summed E-state index contributed by atoms with van der Waals surface area (Å²) in [5, 5.41) is 7.68. The Morgan fingerprint density at radius 2 is 1.73 bits per heavy atom. The monoisotopic (exact) mass is 680 g/mol. The van der Waals surface area contributed by atoms with E-state index in [1.54, 1.807) is 13.2 Å². The third-order valence-electron chi connectivity index (χ3n) is 7.50. The summed E-state index contributed by atoms with van der Waals surface area (Å²) in [4.78, 5) is 35.9. The van der Waals surface area contributed by atoms with E-state index in [9.17, 15) is 22.8 Å². The SMILES string of the molecule is COc1ccc(N2C(=O)CS/C2=N\C(=O)NCC(C)(C)Cc2ccc(-c3ncn(-c4ccc(OC(F)(F)F)cc4)n3)cc2)c(C(C)C)c1. The van der Waals surface area contributed by atoms with Crippen LogP contribution in [0.1, 0.15) is 44.7 Å². The van der Waals surface area contributed by atoms with Gasteiger partial charge in [0.1, 0.15) is 17.8 Å². The third kappa shape index (κ3) is 8.54. The Balaban J connectivity index is 1.19. The van der Waals surface area contributed by atoms with Gasteiger partial charge in [-0.15, -0.1) is 18.3 Å². The molecule has 3 amide bonds. The first-order valence-electron chi connectivity index (χ1n) is 15.1. The topological polar surface area (TPSA) is 111 Å². The molecule has 0 aliphatic carbocycles. The van der Waals surface area contributed by atoms with Crippen LogP contribution in [0.15, 0.2) is 78.0 Å². The molecular weight excluding hydrogens is 645 g/mol. The van der Waals surface area contributed by atoms with Crippen LogP contribution in [-0.2, 0) is 11.2 Å². The molecule has 1 aliphatic rings. The van der Waals surface area contributed by atoms with Crippen molar-refractivity contribution in [3.8, 4) is 28.6 Å². The molecule has 14 heteroatoms. The predicted molar refractivity (Wildman–Crippen MR) is 179 cm³/mol. The zero-order valence-electron chi connectivity index (χ0n) is 27.0. The van der Waals surface area contributed by atoms with Gasteiger partial charge < -0.3 is 14.8 Å². The van der Waals surface area contributed by atoms with Gasteiger partial charge >= 0.3 is 12.4 Å². The number of halogens is 3. The van der Waals surface area contributed by atoms with E-state index in [0.29, 0.717) is 41.1 Å². The van der Waals surface area contributed by atoms with Crippen molar-refractivity contribution < 1.29 is 32.2 Å². The molecule has 1 fully saturated rings. The molecule has 48 heavy (non-hydrogen) atoms. The highest BCUT2D eigenvalue weighted by atomic mass is 32.2. The van der Waals surface area contributed by atoms with Gasteiger partial charge in [-0.2, -0.15) is 4.99 Å². The number of aliphatic imine (C=N–C) groups is 1. The standard InChI is InChI=1S/C34H35F3N6O4S/c1-21(2)27-16-26(46-5)14-15-28(27)43-29(44)18-48-32(43)40-31(45)38-19-33(3,4)17-22-6-8-23(9-7-22)30-39-20-42(41-30)24-10-12-25(13-11-24)47-34(35,36)37/h6-16,20-21H,17-19H2,1-5H3,(H,38,45)/b40-32-. The third-order valence-corrected chi connectivity index (χ3v) is 8.42. The molecule has 0 spiro atoms. The molecule has 2 heterocycles. The van der Waals surface area contributed by atoms with Crippen molar-refractivity contribution >= 4 is 34.6 Å². The molecule has 1 N–H and O–H groups in total. The molecule has 1 saturated heterocycles. The number of nitrogens with zero attached hydrogens (tertiary/aromatic N) is 5. The van der Waals surface area contributed by atoms with E-state index in [1.165, 1.54) is 51.9 Å². The molecule has 0 bridgehead atoms. The molecule has 5 rings (SSSR count). The second-order valence-corrected chi connectivity index (χ2v) is 13.2. The lowest BCUT2D eigenvalue weighted by molar-refractivity contribution is -0.274. The van der Waals surface area contributed by atoms with Gasteiger partial charge in [0.25, 0.3) is 0 Å². The van der Waals surface area contributed by atoms with Gasteiger partial charge in [0.15, 0.2) is 11.0 Å². The number of amides is 3. The minimum Gasteiger partial charge on any atom is -0.497 e. The highest BCUT2D eigenvalue weighted by Gasteiger charge is 2.33. The smallest absolute Gasteiger partial charge is 0.497 e. The fourth-order valence-corrected chi connectivity index (χ4v) is 6.01. The van der Waals surface area contributed by atoms with Crippen molar-refractivity contribution in [1.29, 1.82) is 0 Å². The number of methoxy groups -OCH3 is 1. The first-order chi connectivity index (χ1) is 22.7. The van der Waals surface area contributed by atoms with Crippen molar-refractivity contribution in [2.75, 3.05) is 24.3 Å². The van der Waals surface area contributed by atoms with E-state index >= 15 is 0 Å². The summed E-state index contributed by atoms with van der Waals surface area (Å²) in [6.45, 7) is 8.48. The highest BCUT2D eigenvalue weighted by molar-refractivity contribution is 8.15. The number of hydrogen-bond acceptors (Lipinski definition) is 7. The number of ether oxygens (including phenoxy) is 2. The summed E-state index contributed by atoms with van der Waals surface area (Å²) >= 11 is 1.23. The number of carbonyl (C=O) groups excluding carboxylic acids is 2. The number of aromatic nitrogens is 3. The van der Waals surface area contributed by atoms with Crippen molar-refractivity contribution in [1.82, 2.24) is 20.1 Å². The number of nitrogens with one attached hydrogen (secondary N) is 1. The molecule has 252 valence electrons. The minimum atomic E-state index is -4.76. The van der Waals surface area contributed by atoms with Crippen LogP contribution in [0.3, 0.4) is 0 Å². The second kappa shape index (κ2) is 14.1. The predicted octanol–water partition coefficient (Wildman–Crippen LogP) is 7.38. The van der Waals surface area contributed by atoms with E-state index in [1.807, 2.05) is 64.1 Å². The van der Waals surface area contributed by atoms with Crippen LogP contribution in [0, 0.1) is 5.41 Å². The van der Waals surface area contributed by atoms with E-state index in [-0.39, 0.29) is 28.7 Å².